The third kappa shape index (κ3) is 3.55. The van der Waals surface area contributed by atoms with Gasteiger partial charge in [0.2, 0.25) is 5.43 Å². The maximum atomic E-state index is 13.2. The first kappa shape index (κ1) is 18.0. The zero-order chi connectivity index (χ0) is 19.5. The second-order valence-corrected chi connectivity index (χ2v) is 6.99. The Morgan fingerprint density at radius 2 is 2.07 bits per heavy atom. The van der Waals surface area contributed by atoms with Gasteiger partial charge in [0.1, 0.15) is 6.61 Å². The van der Waals surface area contributed by atoms with Crippen LogP contribution >= 0.6 is 0 Å². The molecule has 7 nitrogen and oxygen atoms in total. The SMILES string of the molecule is Cn1ccc(=O)c(OCc2ccccc2)c1C(=O)N1CCC(c2ccn[nH]2)C1. The molecule has 1 unspecified atom stereocenters. The number of nitrogens with zero attached hydrogens (tertiary/aromatic N) is 3. The molecule has 1 atom stereocenters. The molecule has 28 heavy (non-hydrogen) atoms. The van der Waals surface area contributed by atoms with Gasteiger partial charge in [-0.25, -0.2) is 0 Å². The van der Waals surface area contributed by atoms with E-state index in [9.17, 15) is 9.59 Å². The average Bonchev–Trinajstić information content (AvgIpc) is 3.40. The van der Waals surface area contributed by atoms with E-state index in [-0.39, 0.29) is 35.3 Å². The summed E-state index contributed by atoms with van der Waals surface area (Å²) in [6.07, 6.45) is 4.18. The van der Waals surface area contributed by atoms with Crippen LogP contribution in [0.4, 0.5) is 0 Å². The van der Waals surface area contributed by atoms with Crippen LogP contribution < -0.4 is 10.2 Å². The molecule has 0 radical (unpaired) electrons. The van der Waals surface area contributed by atoms with Crippen molar-refractivity contribution < 1.29 is 9.53 Å². The molecular weight excluding hydrogens is 356 g/mol. The van der Waals surface area contributed by atoms with Gasteiger partial charge in [0.25, 0.3) is 5.91 Å². The van der Waals surface area contributed by atoms with E-state index in [1.54, 1.807) is 28.9 Å². The molecule has 7 heteroatoms. The zero-order valence-corrected chi connectivity index (χ0v) is 15.7. The Labute approximate surface area is 162 Å². The summed E-state index contributed by atoms with van der Waals surface area (Å²) in [7, 11) is 1.75. The van der Waals surface area contributed by atoms with Gasteiger partial charge >= 0.3 is 0 Å². The summed E-state index contributed by atoms with van der Waals surface area (Å²) in [5, 5.41) is 6.97. The van der Waals surface area contributed by atoms with Gasteiger partial charge in [-0.15, -0.1) is 0 Å². The summed E-state index contributed by atoms with van der Waals surface area (Å²) in [6.45, 7) is 1.45. The topological polar surface area (TPSA) is 80.2 Å². The van der Waals surface area contributed by atoms with Gasteiger partial charge in [0.15, 0.2) is 11.4 Å². The van der Waals surface area contributed by atoms with Crippen LogP contribution in [0.3, 0.4) is 0 Å². The predicted octanol–water partition coefficient (Wildman–Crippen LogP) is 2.32. The second kappa shape index (κ2) is 7.72. The fourth-order valence-corrected chi connectivity index (χ4v) is 3.57. The normalized spacial score (nSPS) is 16.3. The number of nitrogens with one attached hydrogen (secondary N) is 1. The lowest BCUT2D eigenvalue weighted by Gasteiger charge is -2.20. The van der Waals surface area contributed by atoms with Crippen LogP contribution in [0, 0.1) is 0 Å². The van der Waals surface area contributed by atoms with Crippen LogP contribution in [-0.2, 0) is 13.7 Å². The molecule has 0 bridgehead atoms. The molecule has 4 rings (SSSR count). The van der Waals surface area contributed by atoms with E-state index >= 15 is 0 Å². The van der Waals surface area contributed by atoms with Crippen LogP contribution in [0.2, 0.25) is 0 Å². The summed E-state index contributed by atoms with van der Waals surface area (Å²) in [6, 6.07) is 12.9. The van der Waals surface area contributed by atoms with Crippen molar-refractivity contribution in [3.05, 3.63) is 82.0 Å². The molecule has 144 valence electrons. The number of pyridine rings is 1. The number of hydrogen-bond acceptors (Lipinski definition) is 4. The first-order valence-electron chi connectivity index (χ1n) is 9.28. The van der Waals surface area contributed by atoms with Crippen molar-refractivity contribution in [2.24, 2.45) is 7.05 Å². The molecule has 1 N–H and O–H groups in total. The molecule has 3 aromatic rings. The molecule has 0 spiro atoms. The summed E-state index contributed by atoms with van der Waals surface area (Å²) in [4.78, 5) is 27.5. The second-order valence-electron chi connectivity index (χ2n) is 6.99. The molecule has 2 aromatic heterocycles. The van der Waals surface area contributed by atoms with Gasteiger partial charge in [0, 0.05) is 50.2 Å². The molecule has 0 saturated carbocycles. The van der Waals surface area contributed by atoms with Crippen molar-refractivity contribution in [3.8, 4) is 5.75 Å². The van der Waals surface area contributed by atoms with Gasteiger partial charge < -0.3 is 14.2 Å². The first-order chi connectivity index (χ1) is 13.6. The highest BCUT2D eigenvalue weighted by Crippen LogP contribution is 2.28. The minimum atomic E-state index is -0.290. The van der Waals surface area contributed by atoms with Crippen molar-refractivity contribution in [3.63, 3.8) is 0 Å². The van der Waals surface area contributed by atoms with E-state index in [0.717, 1.165) is 17.7 Å². The number of hydrogen-bond donors (Lipinski definition) is 1. The van der Waals surface area contributed by atoms with Crippen LogP contribution in [0.1, 0.15) is 34.1 Å². The summed E-state index contributed by atoms with van der Waals surface area (Å²) < 4.78 is 7.48. The minimum absolute atomic E-state index is 0.101. The third-order valence-corrected chi connectivity index (χ3v) is 5.11. The number of carbonyl (C=O) groups excluding carboxylic acids is 1. The minimum Gasteiger partial charge on any atom is -0.483 e. The molecule has 1 aromatic carbocycles. The Kier molecular flexibility index (Phi) is 4.97. The Morgan fingerprint density at radius 3 is 2.82 bits per heavy atom. The van der Waals surface area contributed by atoms with Crippen LogP contribution in [0.25, 0.3) is 0 Å². The highest BCUT2D eigenvalue weighted by Gasteiger charge is 2.31. The van der Waals surface area contributed by atoms with Gasteiger partial charge in [0.05, 0.1) is 0 Å². The van der Waals surface area contributed by atoms with E-state index in [2.05, 4.69) is 10.2 Å². The van der Waals surface area contributed by atoms with Crippen molar-refractivity contribution >= 4 is 5.91 Å². The molecule has 1 amide bonds. The van der Waals surface area contributed by atoms with Gasteiger partial charge in [-0.2, -0.15) is 5.10 Å². The number of benzene rings is 1. The van der Waals surface area contributed by atoms with E-state index in [4.69, 9.17) is 4.74 Å². The predicted molar refractivity (Wildman–Crippen MR) is 104 cm³/mol. The monoisotopic (exact) mass is 378 g/mol. The molecular formula is C21H22N4O3. The number of amides is 1. The van der Waals surface area contributed by atoms with Crippen LogP contribution in [0.5, 0.6) is 5.75 Å². The quantitative estimate of drug-likeness (QED) is 0.739. The van der Waals surface area contributed by atoms with E-state index in [0.29, 0.717) is 13.1 Å². The van der Waals surface area contributed by atoms with Crippen molar-refractivity contribution in [2.45, 2.75) is 18.9 Å². The smallest absolute Gasteiger partial charge is 0.274 e. The van der Waals surface area contributed by atoms with E-state index < -0.39 is 0 Å². The summed E-state index contributed by atoms with van der Waals surface area (Å²) in [5.74, 6) is 0.134. The molecule has 1 aliphatic heterocycles. The molecule has 3 heterocycles. The Hall–Kier alpha value is -3.35. The highest BCUT2D eigenvalue weighted by molar-refractivity contribution is 5.95. The van der Waals surface area contributed by atoms with Gasteiger partial charge in [-0.3, -0.25) is 14.7 Å². The Morgan fingerprint density at radius 1 is 1.25 bits per heavy atom. The number of aromatic nitrogens is 3. The number of carbonyl (C=O) groups is 1. The Balaban J connectivity index is 1.57. The number of aromatic amines is 1. The third-order valence-electron chi connectivity index (χ3n) is 5.11. The average molecular weight is 378 g/mol. The lowest BCUT2D eigenvalue weighted by Crippen LogP contribution is -2.32. The number of rotatable bonds is 5. The Bertz CT molecular complexity index is 1010. The number of aryl methyl sites for hydroxylation is 1. The number of ether oxygens (including phenoxy) is 1. The fraction of sp³-hybridized carbons (Fsp3) is 0.286. The maximum Gasteiger partial charge on any atom is 0.274 e. The summed E-state index contributed by atoms with van der Waals surface area (Å²) >= 11 is 0. The van der Waals surface area contributed by atoms with Gasteiger partial charge in [-0.1, -0.05) is 30.3 Å². The highest BCUT2D eigenvalue weighted by atomic mass is 16.5. The standard InChI is InChI=1S/C21H22N4O3/c1-24-11-9-18(26)20(28-14-15-5-3-2-4-6-15)19(24)21(27)25-12-8-16(13-25)17-7-10-22-23-17/h2-7,9-11,16H,8,12-14H2,1H3,(H,22,23). The zero-order valence-electron chi connectivity index (χ0n) is 15.7. The lowest BCUT2D eigenvalue weighted by atomic mass is 10.1. The van der Waals surface area contributed by atoms with Gasteiger partial charge in [-0.05, 0) is 18.1 Å². The first-order valence-corrected chi connectivity index (χ1v) is 9.28. The summed E-state index contributed by atoms with van der Waals surface area (Å²) in [5.41, 5.74) is 1.96. The lowest BCUT2D eigenvalue weighted by molar-refractivity contribution is 0.0774. The molecule has 1 aliphatic rings. The molecule has 1 fully saturated rings. The van der Waals surface area contributed by atoms with Crippen LogP contribution in [-0.4, -0.2) is 38.7 Å². The van der Waals surface area contributed by atoms with Crippen molar-refractivity contribution in [2.75, 3.05) is 13.1 Å². The molecule has 1 saturated heterocycles. The maximum absolute atomic E-state index is 13.2. The largest absolute Gasteiger partial charge is 0.483 e. The van der Waals surface area contributed by atoms with E-state index in [1.807, 2.05) is 36.4 Å². The van der Waals surface area contributed by atoms with Crippen LogP contribution in [0.15, 0.2) is 59.7 Å². The number of likely N-dealkylation sites (tertiary alicyclic amines) is 1. The fourth-order valence-electron chi connectivity index (χ4n) is 3.57. The van der Waals surface area contributed by atoms with Crippen molar-refractivity contribution in [1.29, 1.82) is 0 Å². The number of H-pyrrole nitrogens is 1. The van der Waals surface area contributed by atoms with E-state index in [1.165, 1.54) is 6.07 Å². The van der Waals surface area contributed by atoms with Crippen molar-refractivity contribution in [1.82, 2.24) is 19.7 Å². The molecule has 0 aliphatic carbocycles.